The summed E-state index contributed by atoms with van der Waals surface area (Å²) in [6, 6.07) is 0. The second kappa shape index (κ2) is 10.4. The molecule has 1 rings (SSSR count). The number of nitrogens with one attached hydrogen (secondary N) is 2. The Hall–Kier alpha value is -1.40. The first-order chi connectivity index (χ1) is 9.83. The van der Waals surface area contributed by atoms with E-state index >= 15 is 0 Å². The summed E-state index contributed by atoms with van der Waals surface area (Å²) in [6.07, 6.45) is 3.55. The van der Waals surface area contributed by atoms with E-state index in [1.165, 1.54) is 0 Å². The molecule has 114 valence electrons. The van der Waals surface area contributed by atoms with E-state index < -0.39 is 0 Å². The molecule has 6 nitrogen and oxygen atoms in total. The first kappa shape index (κ1) is 16.7. The summed E-state index contributed by atoms with van der Waals surface area (Å²) >= 11 is 0. The minimum absolute atomic E-state index is 0.617. The van der Waals surface area contributed by atoms with Crippen LogP contribution in [0.2, 0.25) is 0 Å². The largest absolute Gasteiger partial charge is 0.382 e. The van der Waals surface area contributed by atoms with Gasteiger partial charge < -0.3 is 20.1 Å². The van der Waals surface area contributed by atoms with Crippen LogP contribution >= 0.6 is 0 Å². The van der Waals surface area contributed by atoms with Crippen LogP contribution in [0.25, 0.3) is 0 Å². The molecule has 0 aliphatic carbocycles. The van der Waals surface area contributed by atoms with Crippen LogP contribution in [0.5, 0.6) is 0 Å². The summed E-state index contributed by atoms with van der Waals surface area (Å²) in [5.41, 5.74) is 1.12. The van der Waals surface area contributed by atoms with Gasteiger partial charge >= 0.3 is 0 Å². The Morgan fingerprint density at radius 1 is 1.00 bits per heavy atom. The van der Waals surface area contributed by atoms with Crippen LogP contribution < -0.4 is 10.6 Å². The predicted octanol–water partition coefficient (Wildman–Crippen LogP) is 1.94. The zero-order valence-corrected chi connectivity index (χ0v) is 12.7. The zero-order valence-electron chi connectivity index (χ0n) is 12.7. The molecule has 1 aromatic rings. The lowest BCUT2D eigenvalue weighted by atomic mass is 10.2. The van der Waals surface area contributed by atoms with Gasteiger partial charge in [-0.05, 0) is 12.8 Å². The van der Waals surface area contributed by atoms with Gasteiger partial charge in [0.05, 0.1) is 19.8 Å². The highest BCUT2D eigenvalue weighted by atomic mass is 16.5. The topological polar surface area (TPSA) is 68.3 Å². The number of nitrogens with zero attached hydrogens (tertiary/aromatic N) is 2. The quantitative estimate of drug-likeness (QED) is 0.605. The van der Waals surface area contributed by atoms with Gasteiger partial charge in [0.25, 0.3) is 0 Å². The molecule has 0 unspecified atom stereocenters. The van der Waals surface area contributed by atoms with E-state index in [-0.39, 0.29) is 0 Å². The van der Waals surface area contributed by atoms with Gasteiger partial charge in [-0.25, -0.2) is 9.97 Å². The van der Waals surface area contributed by atoms with Crippen molar-refractivity contribution >= 4 is 11.6 Å². The standard InChI is InChI=1S/C14H26N4O2/c1-4-6-15-13-12(5-2)14(18-11-17-13)16-7-8-20-10-9-19-3/h11H,4-10H2,1-3H3,(H2,15,16,17,18). The molecule has 1 aromatic heterocycles. The van der Waals surface area contributed by atoms with E-state index in [1.54, 1.807) is 13.4 Å². The van der Waals surface area contributed by atoms with Crippen LogP contribution in [0.3, 0.4) is 0 Å². The highest BCUT2D eigenvalue weighted by Crippen LogP contribution is 2.20. The first-order valence-corrected chi connectivity index (χ1v) is 7.21. The fourth-order valence-electron chi connectivity index (χ4n) is 1.78. The molecule has 0 saturated heterocycles. The number of methoxy groups -OCH3 is 1. The van der Waals surface area contributed by atoms with E-state index in [9.17, 15) is 0 Å². The lowest BCUT2D eigenvalue weighted by Crippen LogP contribution is -2.15. The highest BCUT2D eigenvalue weighted by Gasteiger charge is 2.08. The summed E-state index contributed by atoms with van der Waals surface area (Å²) in [5.74, 6) is 1.81. The third-order valence-electron chi connectivity index (χ3n) is 2.81. The molecule has 0 radical (unpaired) electrons. The van der Waals surface area contributed by atoms with Gasteiger partial charge in [0.2, 0.25) is 0 Å². The number of hydrogen-bond donors (Lipinski definition) is 2. The Morgan fingerprint density at radius 2 is 1.70 bits per heavy atom. The molecule has 0 amide bonds. The van der Waals surface area contributed by atoms with Gasteiger partial charge in [-0.3, -0.25) is 0 Å². The van der Waals surface area contributed by atoms with Gasteiger partial charge in [0, 0.05) is 25.8 Å². The third kappa shape index (κ3) is 5.71. The summed E-state index contributed by atoms with van der Waals surface area (Å²) in [7, 11) is 1.67. The Labute approximate surface area is 121 Å². The molecule has 0 aliphatic rings. The van der Waals surface area contributed by atoms with Crippen molar-refractivity contribution < 1.29 is 9.47 Å². The molecule has 0 fully saturated rings. The number of anilines is 2. The lowest BCUT2D eigenvalue weighted by Gasteiger charge is -2.14. The summed E-state index contributed by atoms with van der Waals surface area (Å²) in [5, 5.41) is 6.63. The molecule has 0 saturated carbocycles. The van der Waals surface area contributed by atoms with Crippen molar-refractivity contribution in [3.05, 3.63) is 11.9 Å². The Balaban J connectivity index is 2.47. The van der Waals surface area contributed by atoms with Crippen molar-refractivity contribution in [2.75, 3.05) is 50.7 Å². The van der Waals surface area contributed by atoms with Crippen molar-refractivity contribution in [2.45, 2.75) is 26.7 Å². The second-order valence-electron chi connectivity index (χ2n) is 4.36. The molecule has 1 heterocycles. The molecule has 0 bridgehead atoms. The Bertz CT molecular complexity index is 374. The predicted molar refractivity (Wildman–Crippen MR) is 81.4 cm³/mol. The van der Waals surface area contributed by atoms with Gasteiger partial charge in [-0.15, -0.1) is 0 Å². The minimum atomic E-state index is 0.617. The van der Waals surface area contributed by atoms with E-state index in [4.69, 9.17) is 9.47 Å². The molecule has 0 aliphatic heterocycles. The van der Waals surface area contributed by atoms with Crippen LogP contribution in [-0.4, -0.2) is 50.0 Å². The minimum Gasteiger partial charge on any atom is -0.382 e. The lowest BCUT2D eigenvalue weighted by molar-refractivity contribution is 0.0759. The van der Waals surface area contributed by atoms with Gasteiger partial charge in [0.15, 0.2) is 0 Å². The molecule has 0 aromatic carbocycles. The molecule has 0 atom stereocenters. The summed E-state index contributed by atoms with van der Waals surface area (Å²) in [6.45, 7) is 7.76. The van der Waals surface area contributed by atoms with Crippen molar-refractivity contribution in [3.8, 4) is 0 Å². The monoisotopic (exact) mass is 282 g/mol. The highest BCUT2D eigenvalue weighted by molar-refractivity contribution is 5.57. The van der Waals surface area contributed by atoms with E-state index in [0.717, 1.165) is 43.1 Å². The van der Waals surface area contributed by atoms with Gasteiger partial charge in [-0.1, -0.05) is 13.8 Å². The Morgan fingerprint density at radius 3 is 2.30 bits per heavy atom. The maximum atomic E-state index is 5.42. The zero-order chi connectivity index (χ0) is 14.6. The maximum absolute atomic E-state index is 5.42. The maximum Gasteiger partial charge on any atom is 0.134 e. The third-order valence-corrected chi connectivity index (χ3v) is 2.81. The fourth-order valence-corrected chi connectivity index (χ4v) is 1.78. The number of aromatic nitrogens is 2. The summed E-state index contributed by atoms with van der Waals surface area (Å²) in [4.78, 5) is 8.62. The second-order valence-corrected chi connectivity index (χ2v) is 4.36. The van der Waals surface area contributed by atoms with Crippen molar-refractivity contribution in [1.29, 1.82) is 0 Å². The van der Waals surface area contributed by atoms with Gasteiger partial charge in [-0.2, -0.15) is 0 Å². The molecule has 20 heavy (non-hydrogen) atoms. The van der Waals surface area contributed by atoms with Crippen molar-refractivity contribution in [2.24, 2.45) is 0 Å². The van der Waals surface area contributed by atoms with Crippen molar-refractivity contribution in [1.82, 2.24) is 9.97 Å². The van der Waals surface area contributed by atoms with E-state index in [2.05, 4.69) is 34.4 Å². The molecule has 6 heteroatoms. The Kier molecular flexibility index (Phi) is 8.66. The number of ether oxygens (including phenoxy) is 2. The summed E-state index contributed by atoms with van der Waals surface area (Å²) < 4.78 is 10.3. The molecule has 2 N–H and O–H groups in total. The van der Waals surface area contributed by atoms with Crippen LogP contribution in [-0.2, 0) is 15.9 Å². The fraction of sp³-hybridized carbons (Fsp3) is 0.714. The van der Waals surface area contributed by atoms with E-state index in [0.29, 0.717) is 19.8 Å². The van der Waals surface area contributed by atoms with Crippen LogP contribution in [0, 0.1) is 0 Å². The number of hydrogen-bond acceptors (Lipinski definition) is 6. The first-order valence-electron chi connectivity index (χ1n) is 7.21. The van der Waals surface area contributed by atoms with E-state index in [1.807, 2.05) is 0 Å². The van der Waals surface area contributed by atoms with Crippen molar-refractivity contribution in [3.63, 3.8) is 0 Å². The van der Waals surface area contributed by atoms with Crippen LogP contribution in [0.4, 0.5) is 11.6 Å². The van der Waals surface area contributed by atoms with Gasteiger partial charge in [0.1, 0.15) is 18.0 Å². The normalized spacial score (nSPS) is 10.6. The SMILES string of the molecule is CCCNc1ncnc(NCCOCCOC)c1CC. The molecular formula is C14H26N4O2. The average molecular weight is 282 g/mol. The van der Waals surface area contributed by atoms with Crippen LogP contribution in [0.15, 0.2) is 6.33 Å². The van der Waals surface area contributed by atoms with Crippen LogP contribution in [0.1, 0.15) is 25.8 Å². The average Bonchev–Trinajstić information content (AvgIpc) is 2.48. The smallest absolute Gasteiger partial charge is 0.134 e. The molecular weight excluding hydrogens is 256 g/mol. The number of rotatable bonds is 11. The molecule has 0 spiro atoms.